The van der Waals surface area contributed by atoms with Gasteiger partial charge >= 0.3 is 17.7 Å². The van der Waals surface area contributed by atoms with E-state index < -0.39 is 17.7 Å². The van der Waals surface area contributed by atoms with Crippen molar-refractivity contribution >= 4 is 18.2 Å². The van der Waals surface area contributed by atoms with E-state index >= 15 is 0 Å². The maximum absolute atomic E-state index is 12.1. The molecule has 1 heterocycles. The molecule has 0 atom stereocenters. The fourth-order valence-electron chi connectivity index (χ4n) is 1.43. The van der Waals surface area contributed by atoms with Crippen LogP contribution in [0, 0.1) is 0 Å². The average Bonchev–Trinajstić information content (AvgIpc) is 2.42. The van der Waals surface area contributed by atoms with Crippen molar-refractivity contribution in [3.8, 4) is 0 Å². The fraction of sp³-hybridized carbons (Fsp3) is 0.545. The Morgan fingerprint density at radius 2 is 1.84 bits per heavy atom. The normalized spacial score (nSPS) is 13.9. The Morgan fingerprint density at radius 3 is 2.21 bits per heavy atom. The number of ether oxygens (including phenoxy) is 3. The molecule has 1 aliphatic rings. The number of esters is 2. The summed E-state index contributed by atoms with van der Waals surface area (Å²) in [6, 6.07) is 0. The number of methoxy groups -OCH3 is 1. The van der Waals surface area contributed by atoms with Gasteiger partial charge in [-0.3, -0.25) is 5.43 Å². The Balaban J connectivity index is 3.12. The quantitative estimate of drug-likeness (QED) is 0.527. The highest BCUT2D eigenvalue weighted by Crippen LogP contribution is 2.21. The maximum atomic E-state index is 12.1. The number of nitrogens with zero attached hydrogens (tertiary/aromatic N) is 2. The summed E-state index contributed by atoms with van der Waals surface area (Å²) < 4.78 is 14.8. The third-order valence-corrected chi connectivity index (χ3v) is 2.26. The van der Waals surface area contributed by atoms with Crippen LogP contribution in [0.1, 0.15) is 13.8 Å². The van der Waals surface area contributed by atoms with E-state index in [0.29, 0.717) is 0 Å². The molecule has 8 heteroatoms. The van der Waals surface area contributed by atoms with E-state index in [1.807, 2.05) is 0 Å². The number of hydrogen-bond acceptors (Lipinski definition) is 8. The number of hydrazone groups is 1. The molecule has 0 aliphatic carbocycles. The number of carbonyl (C=O) groups excluding carboxylic acids is 2. The predicted molar refractivity (Wildman–Crippen MR) is 65.6 cm³/mol. The van der Waals surface area contributed by atoms with Crippen LogP contribution in [-0.2, 0) is 23.8 Å². The molecule has 0 radical (unpaired) electrons. The van der Waals surface area contributed by atoms with Crippen LogP contribution < -0.4 is 5.43 Å². The van der Waals surface area contributed by atoms with Crippen LogP contribution in [0.25, 0.3) is 0 Å². The largest absolute Gasteiger partial charge is 0.462 e. The zero-order valence-corrected chi connectivity index (χ0v) is 11.1. The zero-order chi connectivity index (χ0) is 14.3. The Morgan fingerprint density at radius 1 is 1.26 bits per heavy atom. The smallest absolute Gasteiger partial charge is 0.375 e. The van der Waals surface area contributed by atoms with Gasteiger partial charge in [-0.2, -0.15) is 10.2 Å². The number of hydrazine groups is 1. The van der Waals surface area contributed by atoms with E-state index in [-0.39, 0.29) is 13.2 Å². The van der Waals surface area contributed by atoms with E-state index in [1.54, 1.807) is 19.9 Å². The SMILES string of the molecule is CCOC(=O)C(OC)(C(=O)OCC)N1N=CC=CN1. The lowest BCUT2D eigenvalue weighted by Crippen LogP contribution is -2.64. The number of carbonyl (C=O) groups is 2. The van der Waals surface area contributed by atoms with Crippen molar-refractivity contribution in [2.45, 2.75) is 19.6 Å². The van der Waals surface area contributed by atoms with Crippen LogP contribution in [0.2, 0.25) is 0 Å². The third kappa shape index (κ3) is 2.84. The Kier molecular flexibility index (Phi) is 5.31. The minimum Gasteiger partial charge on any atom is -0.462 e. The number of hydrogen-bond donors (Lipinski definition) is 1. The molecule has 0 bridgehead atoms. The standard InChI is InChI=1S/C11H17N3O5/c1-4-18-9(15)11(17-3,10(16)19-5-2)14-12-7-6-8-13-14/h6-8,12H,4-5H2,1-3H3. The molecule has 0 unspecified atom stereocenters. The van der Waals surface area contributed by atoms with Gasteiger partial charge in [0.2, 0.25) is 0 Å². The summed E-state index contributed by atoms with van der Waals surface area (Å²) in [6.45, 7) is 3.43. The van der Waals surface area contributed by atoms with Gasteiger partial charge in [0, 0.05) is 13.3 Å². The third-order valence-electron chi connectivity index (χ3n) is 2.26. The summed E-state index contributed by atoms with van der Waals surface area (Å²) in [5.74, 6) is -1.81. The molecule has 8 nitrogen and oxygen atoms in total. The highest BCUT2D eigenvalue weighted by molar-refractivity contribution is 6.03. The molecule has 106 valence electrons. The van der Waals surface area contributed by atoms with E-state index in [2.05, 4.69) is 10.5 Å². The number of rotatable bonds is 6. The van der Waals surface area contributed by atoms with Gasteiger partial charge in [0.1, 0.15) is 0 Å². The molecule has 0 saturated carbocycles. The van der Waals surface area contributed by atoms with Crippen LogP contribution in [0.5, 0.6) is 0 Å². The average molecular weight is 271 g/mol. The molecule has 1 rings (SSSR count). The number of nitrogens with one attached hydrogen (secondary N) is 1. The molecular weight excluding hydrogens is 254 g/mol. The molecule has 0 aromatic rings. The van der Waals surface area contributed by atoms with E-state index in [4.69, 9.17) is 14.2 Å². The van der Waals surface area contributed by atoms with Crippen LogP contribution >= 0.6 is 0 Å². The second kappa shape index (κ2) is 6.74. The van der Waals surface area contributed by atoms with Gasteiger partial charge in [-0.25, -0.2) is 9.59 Å². The first-order valence-electron chi connectivity index (χ1n) is 5.78. The highest BCUT2D eigenvalue weighted by atomic mass is 16.6. The van der Waals surface area contributed by atoms with Gasteiger partial charge < -0.3 is 14.2 Å². The zero-order valence-electron chi connectivity index (χ0n) is 11.1. The Labute approximate surface area is 111 Å². The first-order chi connectivity index (χ1) is 9.13. The van der Waals surface area contributed by atoms with Crippen molar-refractivity contribution in [2.24, 2.45) is 5.10 Å². The molecule has 1 aliphatic heterocycles. The van der Waals surface area contributed by atoms with Gasteiger partial charge in [0.25, 0.3) is 0 Å². The summed E-state index contributed by atoms with van der Waals surface area (Å²) in [5.41, 5.74) is 0.500. The van der Waals surface area contributed by atoms with Crippen molar-refractivity contribution in [3.05, 3.63) is 12.3 Å². The first kappa shape index (κ1) is 15.0. The molecule has 0 amide bonds. The van der Waals surface area contributed by atoms with Crippen LogP contribution in [0.3, 0.4) is 0 Å². The summed E-state index contributed by atoms with van der Waals surface area (Å²) in [4.78, 5) is 24.2. The van der Waals surface area contributed by atoms with Gasteiger partial charge in [0.05, 0.1) is 19.4 Å². The molecule has 0 saturated heterocycles. The minimum absolute atomic E-state index is 0.0940. The monoisotopic (exact) mass is 271 g/mol. The lowest BCUT2D eigenvalue weighted by molar-refractivity contribution is -0.218. The first-order valence-corrected chi connectivity index (χ1v) is 5.78. The second-order valence-electron chi connectivity index (χ2n) is 3.35. The Bertz CT molecular complexity index is 376. The fourth-order valence-corrected chi connectivity index (χ4v) is 1.43. The molecular formula is C11H17N3O5. The molecule has 0 spiro atoms. The van der Waals surface area contributed by atoms with Crippen molar-refractivity contribution in [3.63, 3.8) is 0 Å². The minimum atomic E-state index is -2.12. The van der Waals surface area contributed by atoms with E-state index in [0.717, 1.165) is 5.12 Å². The molecule has 19 heavy (non-hydrogen) atoms. The molecule has 0 aromatic carbocycles. The van der Waals surface area contributed by atoms with Gasteiger partial charge in [-0.1, -0.05) is 0 Å². The summed E-state index contributed by atoms with van der Waals surface area (Å²) in [7, 11) is 1.20. The molecule has 1 N–H and O–H groups in total. The van der Waals surface area contributed by atoms with Crippen LogP contribution in [-0.4, -0.2) is 49.3 Å². The summed E-state index contributed by atoms with van der Waals surface area (Å²) in [5, 5.41) is 4.81. The topological polar surface area (TPSA) is 89.5 Å². The van der Waals surface area contributed by atoms with Crippen molar-refractivity contribution in [1.29, 1.82) is 0 Å². The Hall–Kier alpha value is -2.09. The van der Waals surface area contributed by atoms with Crippen molar-refractivity contribution in [1.82, 2.24) is 10.5 Å². The van der Waals surface area contributed by atoms with Crippen LogP contribution in [0.15, 0.2) is 17.4 Å². The molecule has 0 aromatic heterocycles. The maximum Gasteiger partial charge on any atom is 0.375 e. The highest BCUT2D eigenvalue weighted by Gasteiger charge is 2.56. The molecule has 0 fully saturated rings. The number of allylic oxidation sites excluding steroid dienone is 1. The summed E-state index contributed by atoms with van der Waals surface area (Å²) in [6.07, 6.45) is 4.47. The summed E-state index contributed by atoms with van der Waals surface area (Å²) >= 11 is 0. The predicted octanol–water partition coefficient (Wildman–Crippen LogP) is -0.225. The van der Waals surface area contributed by atoms with E-state index in [1.165, 1.54) is 19.5 Å². The van der Waals surface area contributed by atoms with Crippen LogP contribution in [0.4, 0.5) is 0 Å². The second-order valence-corrected chi connectivity index (χ2v) is 3.35. The van der Waals surface area contributed by atoms with Gasteiger partial charge in [-0.05, 0) is 19.9 Å². The van der Waals surface area contributed by atoms with Crippen molar-refractivity contribution < 1.29 is 23.8 Å². The van der Waals surface area contributed by atoms with Gasteiger partial charge in [-0.15, -0.1) is 0 Å². The lowest BCUT2D eigenvalue weighted by atomic mass is 10.2. The van der Waals surface area contributed by atoms with Crippen molar-refractivity contribution in [2.75, 3.05) is 20.3 Å². The van der Waals surface area contributed by atoms with E-state index in [9.17, 15) is 9.59 Å². The van der Waals surface area contributed by atoms with Gasteiger partial charge in [0.15, 0.2) is 0 Å². The lowest BCUT2D eigenvalue weighted by Gasteiger charge is -2.35.